The number of hydrogen-bond donors (Lipinski definition) is 1. The molecular weight excluding hydrogens is 418 g/mol. The monoisotopic (exact) mass is 438 g/mol. The van der Waals surface area contributed by atoms with Crippen LogP contribution in [0.25, 0.3) is 0 Å². The molecule has 0 heterocycles. The maximum absolute atomic E-state index is 11.6. The topological polar surface area (TPSA) is 20.2 Å². The van der Waals surface area contributed by atoms with E-state index in [-0.39, 0.29) is 0 Å². The molecule has 0 fully saturated rings. The van der Waals surface area contributed by atoms with Crippen molar-refractivity contribution < 1.29 is 5.11 Å². The van der Waals surface area contributed by atoms with Gasteiger partial charge in [0.1, 0.15) is 5.60 Å². The molecular formula is C22H22Cl3OP. The fraction of sp³-hybridized carbons (Fsp3) is 0.182. The Bertz CT molecular complexity index is 751. The zero-order valence-electron chi connectivity index (χ0n) is 15.0. The summed E-state index contributed by atoms with van der Waals surface area (Å²) >= 11 is 14.6. The zero-order chi connectivity index (χ0) is 19.7. The van der Waals surface area contributed by atoms with E-state index in [1.54, 1.807) is 0 Å². The van der Waals surface area contributed by atoms with E-state index < -0.39 is 11.6 Å². The third-order valence-corrected chi connectivity index (χ3v) is 4.29. The summed E-state index contributed by atoms with van der Waals surface area (Å²) in [6.45, 7) is 2.18. The highest BCUT2D eigenvalue weighted by molar-refractivity contribution is 8.20. The lowest BCUT2D eigenvalue weighted by Gasteiger charge is -2.30. The van der Waals surface area contributed by atoms with Crippen molar-refractivity contribution in [3.05, 3.63) is 107 Å². The van der Waals surface area contributed by atoms with Crippen molar-refractivity contribution in [2.45, 2.75) is 25.4 Å². The van der Waals surface area contributed by atoms with Gasteiger partial charge in [-0.1, -0.05) is 132 Å². The van der Waals surface area contributed by atoms with Crippen LogP contribution >= 0.6 is 39.7 Å². The Balaban J connectivity index is 0.000000596. The maximum Gasteiger partial charge on any atom is 0.179 e. The molecule has 0 aliphatic carbocycles. The molecule has 0 aromatic heterocycles. The number of halogens is 3. The minimum absolute atomic E-state index is 0.884. The van der Waals surface area contributed by atoms with Crippen LogP contribution in [-0.2, 0) is 12.0 Å². The molecule has 0 saturated carbocycles. The Kier molecular flexibility index (Phi) is 9.09. The molecule has 0 amide bonds. The van der Waals surface area contributed by atoms with Crippen LogP contribution in [0.2, 0.25) is 0 Å². The van der Waals surface area contributed by atoms with Gasteiger partial charge in [-0.05, 0) is 28.7 Å². The molecule has 142 valence electrons. The third kappa shape index (κ3) is 6.21. The summed E-state index contributed by atoms with van der Waals surface area (Å²) in [5, 5.41) is 11.6. The van der Waals surface area contributed by atoms with Gasteiger partial charge in [0.2, 0.25) is 0 Å². The molecule has 0 spiro atoms. The average Bonchev–Trinajstić information content (AvgIpc) is 2.69. The zero-order valence-corrected chi connectivity index (χ0v) is 18.2. The molecule has 0 aliphatic heterocycles. The van der Waals surface area contributed by atoms with E-state index in [9.17, 15) is 5.11 Å². The molecule has 5 heteroatoms. The van der Waals surface area contributed by atoms with E-state index in [1.807, 2.05) is 72.8 Å². The standard InChI is InChI=1S/C22H22O.Cl3P/c1-2-9-18-14-16-21(17-15-18)22(23,19-10-5-3-6-11-19)20-12-7-4-8-13-20;1-4(2)3/h3-8,10-17,23H,2,9H2,1H3;. The first kappa shape index (κ1) is 22.2. The summed E-state index contributed by atoms with van der Waals surface area (Å²) < 4.78 is 0. The normalized spacial score (nSPS) is 11.0. The van der Waals surface area contributed by atoms with Crippen molar-refractivity contribution in [1.29, 1.82) is 0 Å². The highest BCUT2D eigenvalue weighted by Gasteiger charge is 2.33. The third-order valence-electron chi connectivity index (χ3n) is 4.29. The van der Waals surface area contributed by atoms with Crippen molar-refractivity contribution >= 4 is 39.7 Å². The largest absolute Gasteiger partial charge is 0.376 e. The quantitative estimate of drug-likeness (QED) is 0.317. The van der Waals surface area contributed by atoms with Gasteiger partial charge < -0.3 is 5.11 Å². The molecule has 0 saturated heterocycles. The minimum atomic E-state index is -1.20. The van der Waals surface area contributed by atoms with Gasteiger partial charge >= 0.3 is 0 Å². The fourth-order valence-electron chi connectivity index (χ4n) is 3.06. The number of rotatable bonds is 5. The van der Waals surface area contributed by atoms with Crippen molar-refractivity contribution in [1.82, 2.24) is 0 Å². The van der Waals surface area contributed by atoms with E-state index in [4.69, 9.17) is 33.7 Å². The number of aryl methyl sites for hydroxylation is 1. The van der Waals surface area contributed by atoms with Crippen LogP contribution in [0.4, 0.5) is 0 Å². The Morgan fingerprint density at radius 1 is 0.704 bits per heavy atom. The van der Waals surface area contributed by atoms with Crippen LogP contribution in [0.1, 0.15) is 35.6 Å². The molecule has 3 aromatic rings. The lowest BCUT2D eigenvalue weighted by Crippen LogP contribution is -2.28. The van der Waals surface area contributed by atoms with Gasteiger partial charge in [0.15, 0.2) is 5.98 Å². The predicted octanol–water partition coefficient (Wildman–Crippen LogP) is 7.85. The van der Waals surface area contributed by atoms with E-state index in [0.717, 1.165) is 29.5 Å². The predicted molar refractivity (Wildman–Crippen MR) is 120 cm³/mol. The Labute approximate surface area is 177 Å². The first-order valence-electron chi connectivity index (χ1n) is 8.68. The smallest absolute Gasteiger partial charge is 0.179 e. The van der Waals surface area contributed by atoms with Crippen LogP contribution in [0, 0.1) is 0 Å². The average molecular weight is 440 g/mol. The van der Waals surface area contributed by atoms with Crippen LogP contribution in [-0.4, -0.2) is 5.11 Å². The summed E-state index contributed by atoms with van der Waals surface area (Å²) in [5.74, 6) is -1.20. The number of benzene rings is 3. The second kappa shape index (κ2) is 11.1. The lowest BCUT2D eigenvalue weighted by molar-refractivity contribution is 0.125. The Hall–Kier alpha value is -1.08. The SMILES string of the molecule is CCCc1ccc(C(O)(c2ccccc2)c2ccccc2)cc1.ClP(Cl)Cl. The van der Waals surface area contributed by atoms with Gasteiger partial charge in [-0.15, -0.1) is 0 Å². The summed E-state index contributed by atoms with van der Waals surface area (Å²) in [7, 11) is 0. The Morgan fingerprint density at radius 3 is 1.44 bits per heavy atom. The van der Waals surface area contributed by atoms with E-state index in [2.05, 4.69) is 19.1 Å². The van der Waals surface area contributed by atoms with Crippen molar-refractivity contribution in [3.63, 3.8) is 0 Å². The van der Waals surface area contributed by atoms with Crippen molar-refractivity contribution in [3.8, 4) is 0 Å². The molecule has 0 atom stereocenters. The van der Waals surface area contributed by atoms with E-state index >= 15 is 0 Å². The van der Waals surface area contributed by atoms with Gasteiger partial charge in [0, 0.05) is 0 Å². The first-order chi connectivity index (χ1) is 13.0. The summed E-state index contributed by atoms with van der Waals surface area (Å²) in [6, 6.07) is 28.1. The van der Waals surface area contributed by atoms with Crippen LogP contribution in [0.5, 0.6) is 0 Å². The van der Waals surface area contributed by atoms with Crippen LogP contribution in [0.15, 0.2) is 84.9 Å². The minimum Gasteiger partial charge on any atom is -0.376 e. The summed E-state index contributed by atoms with van der Waals surface area (Å²) in [4.78, 5) is 0. The van der Waals surface area contributed by atoms with E-state index in [1.165, 1.54) is 5.56 Å². The van der Waals surface area contributed by atoms with Gasteiger partial charge in [-0.2, -0.15) is 0 Å². The molecule has 3 rings (SSSR count). The first-order valence-corrected chi connectivity index (χ1v) is 12.7. The number of hydrogen-bond acceptors (Lipinski definition) is 1. The van der Waals surface area contributed by atoms with E-state index in [0.29, 0.717) is 0 Å². The number of aliphatic hydroxyl groups is 1. The van der Waals surface area contributed by atoms with Crippen LogP contribution < -0.4 is 0 Å². The molecule has 27 heavy (non-hydrogen) atoms. The van der Waals surface area contributed by atoms with Crippen molar-refractivity contribution in [2.24, 2.45) is 0 Å². The van der Waals surface area contributed by atoms with Gasteiger partial charge in [-0.25, -0.2) is 0 Å². The molecule has 0 aliphatic rings. The molecule has 0 unspecified atom stereocenters. The van der Waals surface area contributed by atoms with Crippen molar-refractivity contribution in [2.75, 3.05) is 0 Å². The molecule has 3 aromatic carbocycles. The maximum atomic E-state index is 11.6. The molecule has 1 nitrogen and oxygen atoms in total. The second-order valence-electron chi connectivity index (χ2n) is 6.08. The fourth-order valence-corrected chi connectivity index (χ4v) is 3.06. The lowest BCUT2D eigenvalue weighted by atomic mass is 9.80. The van der Waals surface area contributed by atoms with Gasteiger partial charge in [-0.3, -0.25) is 0 Å². The molecule has 0 bridgehead atoms. The molecule has 1 N–H and O–H groups in total. The van der Waals surface area contributed by atoms with Crippen LogP contribution in [0.3, 0.4) is 0 Å². The summed E-state index contributed by atoms with van der Waals surface area (Å²) in [6.07, 6.45) is 2.19. The van der Waals surface area contributed by atoms with Gasteiger partial charge in [0.05, 0.1) is 0 Å². The Morgan fingerprint density at radius 2 is 1.07 bits per heavy atom. The van der Waals surface area contributed by atoms with Gasteiger partial charge in [0.25, 0.3) is 0 Å². The summed E-state index contributed by atoms with van der Waals surface area (Å²) in [5.41, 5.74) is 2.84. The molecule has 0 radical (unpaired) electrons. The highest BCUT2D eigenvalue weighted by Crippen LogP contribution is 2.51. The highest BCUT2D eigenvalue weighted by atomic mass is 36.0. The second-order valence-corrected chi connectivity index (χ2v) is 11.1.